The minimum Gasteiger partial charge on any atom is -0.507 e. The van der Waals surface area contributed by atoms with Crippen molar-refractivity contribution in [1.29, 1.82) is 0 Å². The summed E-state index contributed by atoms with van der Waals surface area (Å²) in [6.45, 7) is 4.63. The van der Waals surface area contributed by atoms with Crippen molar-refractivity contribution < 1.29 is 32.1 Å². The second kappa shape index (κ2) is 8.72. The summed E-state index contributed by atoms with van der Waals surface area (Å²) in [5.41, 5.74) is 3.31. The van der Waals surface area contributed by atoms with Gasteiger partial charge in [-0.2, -0.15) is 13.0 Å². The first-order chi connectivity index (χ1) is 14.6. The molecule has 0 radical (unpaired) electrons. The van der Waals surface area contributed by atoms with Crippen LogP contribution in [0.2, 0.25) is 0 Å². The maximum Gasteiger partial charge on any atom is 0.265 e. The van der Waals surface area contributed by atoms with Crippen LogP contribution >= 0.6 is 0 Å². The molecule has 2 aromatic carbocycles. The predicted octanol–water partition coefficient (Wildman–Crippen LogP) is 3.78. The largest absolute Gasteiger partial charge is 0.507 e. The fraction of sp³-hybridized carbons (Fsp3) is 0.348. The summed E-state index contributed by atoms with van der Waals surface area (Å²) in [7, 11) is -0.990. The minimum atomic E-state index is -4.03. The highest BCUT2D eigenvalue weighted by atomic mass is 32.2. The van der Waals surface area contributed by atoms with E-state index in [1.54, 1.807) is 12.1 Å². The zero-order valence-corrected chi connectivity index (χ0v) is 18.9. The quantitative estimate of drug-likeness (QED) is 0.473. The Morgan fingerprint density at radius 2 is 1.71 bits per heavy atom. The van der Waals surface area contributed by atoms with Gasteiger partial charge in [0, 0.05) is 35.8 Å². The molecular weight excluding hydrogens is 418 g/mol. The monoisotopic (exact) mass is 446 g/mol. The highest BCUT2D eigenvalue weighted by Crippen LogP contribution is 2.40. The number of hydrogen-bond donors (Lipinski definition) is 2. The lowest BCUT2D eigenvalue weighted by Gasteiger charge is -2.15. The van der Waals surface area contributed by atoms with E-state index in [0.717, 1.165) is 17.0 Å². The molecule has 0 atom stereocenters. The Hall–Kier alpha value is -2.84. The van der Waals surface area contributed by atoms with E-state index < -0.39 is 10.1 Å². The molecule has 1 aliphatic heterocycles. The molecule has 2 N–H and O–H groups in total. The molecule has 1 heterocycles. The summed E-state index contributed by atoms with van der Waals surface area (Å²) in [6, 6.07) is 11.2. The van der Waals surface area contributed by atoms with Gasteiger partial charge in [0.25, 0.3) is 10.1 Å². The van der Waals surface area contributed by atoms with E-state index in [-0.39, 0.29) is 23.3 Å². The molecule has 0 spiro atoms. The number of rotatable bonds is 8. The summed E-state index contributed by atoms with van der Waals surface area (Å²) < 4.78 is 44.1. The first-order valence-electron chi connectivity index (χ1n) is 9.91. The molecule has 0 unspecified atom stereocenters. The van der Waals surface area contributed by atoms with Crippen LogP contribution in [-0.4, -0.2) is 54.9 Å². The first kappa shape index (κ1) is 22.8. The molecule has 31 heavy (non-hydrogen) atoms. The Bertz CT molecular complexity index is 1150. The molecule has 7 nitrogen and oxygen atoms in total. The lowest BCUT2D eigenvalue weighted by molar-refractivity contribution is -0.437. The van der Waals surface area contributed by atoms with Crippen molar-refractivity contribution in [1.82, 2.24) is 0 Å². The van der Waals surface area contributed by atoms with Gasteiger partial charge in [-0.3, -0.25) is 4.55 Å². The number of benzene rings is 2. The number of para-hydroxylation sites is 1. The highest BCUT2D eigenvalue weighted by molar-refractivity contribution is 7.85. The van der Waals surface area contributed by atoms with Gasteiger partial charge in [-0.15, -0.1) is 0 Å². The van der Waals surface area contributed by atoms with Crippen LogP contribution in [-0.2, 0) is 15.5 Å². The van der Waals surface area contributed by atoms with Crippen LogP contribution in [0.3, 0.4) is 0 Å². The number of phenolic OH excluding ortho intramolecular Hbond substituents is 1. The van der Waals surface area contributed by atoms with E-state index in [1.807, 2.05) is 24.3 Å². The van der Waals surface area contributed by atoms with Gasteiger partial charge in [0.15, 0.2) is 17.2 Å². The third-order valence-electron chi connectivity index (χ3n) is 5.54. The molecule has 0 amide bonds. The number of allylic oxidation sites excluding steroid dienone is 1. The maximum absolute atomic E-state index is 11.2. The van der Waals surface area contributed by atoms with Crippen LogP contribution in [0, 0.1) is 0 Å². The molecule has 166 valence electrons. The van der Waals surface area contributed by atoms with E-state index in [9.17, 15) is 13.5 Å². The van der Waals surface area contributed by atoms with Crippen molar-refractivity contribution >= 4 is 27.6 Å². The van der Waals surface area contributed by atoms with Gasteiger partial charge in [-0.25, -0.2) is 0 Å². The van der Waals surface area contributed by atoms with Gasteiger partial charge < -0.3 is 14.6 Å². The number of nitrogens with zero attached hydrogens (tertiary/aromatic N) is 1. The number of ether oxygens (including phenoxy) is 2. The number of methoxy groups -OCH3 is 2. The van der Waals surface area contributed by atoms with E-state index in [1.165, 1.54) is 20.3 Å². The summed E-state index contributed by atoms with van der Waals surface area (Å²) in [5.74, 6) is 0.689. The van der Waals surface area contributed by atoms with Crippen LogP contribution in [0.4, 0.5) is 5.69 Å². The Kier molecular flexibility index (Phi) is 6.43. The Balaban J connectivity index is 2.04. The average molecular weight is 447 g/mol. The van der Waals surface area contributed by atoms with Gasteiger partial charge >= 0.3 is 0 Å². The SMILES string of the molecule is COc1cc(O)c(/C=C/C2=[N+](CCCS(=O)(=O)O)c3ccccc3C2(C)C)cc1OC. The van der Waals surface area contributed by atoms with Crippen molar-refractivity contribution in [3.8, 4) is 17.2 Å². The molecule has 0 fully saturated rings. The van der Waals surface area contributed by atoms with Gasteiger partial charge in [0.1, 0.15) is 12.3 Å². The van der Waals surface area contributed by atoms with Crippen molar-refractivity contribution in [2.75, 3.05) is 26.5 Å². The molecule has 1 aliphatic rings. The summed E-state index contributed by atoms with van der Waals surface area (Å²) in [6.07, 6.45) is 4.01. The lowest BCUT2D eigenvalue weighted by Crippen LogP contribution is -2.28. The molecule has 2 aromatic rings. The van der Waals surface area contributed by atoms with Crippen LogP contribution in [0.1, 0.15) is 31.4 Å². The topological polar surface area (TPSA) is 96.1 Å². The van der Waals surface area contributed by atoms with Crippen molar-refractivity contribution in [2.45, 2.75) is 25.7 Å². The summed E-state index contributed by atoms with van der Waals surface area (Å²) in [4.78, 5) is 0. The first-order valence-corrected chi connectivity index (χ1v) is 11.5. The second-order valence-electron chi connectivity index (χ2n) is 7.92. The van der Waals surface area contributed by atoms with Crippen molar-refractivity contribution in [3.63, 3.8) is 0 Å². The van der Waals surface area contributed by atoms with E-state index in [4.69, 9.17) is 14.0 Å². The van der Waals surface area contributed by atoms with Crippen molar-refractivity contribution in [2.24, 2.45) is 0 Å². The maximum atomic E-state index is 11.2. The Morgan fingerprint density at radius 1 is 1.06 bits per heavy atom. The predicted molar refractivity (Wildman–Crippen MR) is 121 cm³/mol. The third kappa shape index (κ3) is 4.75. The average Bonchev–Trinajstić information content (AvgIpc) is 2.92. The van der Waals surface area contributed by atoms with Gasteiger partial charge in [-0.05, 0) is 26.0 Å². The Labute approximate surface area is 183 Å². The van der Waals surface area contributed by atoms with Gasteiger partial charge in [-0.1, -0.05) is 18.2 Å². The molecule has 8 heteroatoms. The zero-order valence-electron chi connectivity index (χ0n) is 18.1. The molecular formula is C23H28NO6S+. The number of fused-ring (bicyclic) bond motifs is 1. The smallest absolute Gasteiger partial charge is 0.265 e. The standard InChI is InChI=1S/C23H27NO6S/c1-23(2)17-8-5-6-9-18(17)24(12-7-13-31(26,27)28)22(23)11-10-16-14-20(29-3)21(30-4)15-19(16)25/h5-6,8-11,14-15H,7,12-13H2,1-4H3,(H,26,27,28)/p+1. The normalized spacial score (nSPS) is 15.4. The molecule has 3 rings (SSSR count). The second-order valence-corrected chi connectivity index (χ2v) is 9.49. The molecule has 0 saturated carbocycles. The zero-order chi connectivity index (χ0) is 22.8. The van der Waals surface area contributed by atoms with Gasteiger partial charge in [0.2, 0.25) is 5.69 Å². The highest BCUT2D eigenvalue weighted by Gasteiger charge is 2.43. The van der Waals surface area contributed by atoms with Crippen molar-refractivity contribution in [3.05, 3.63) is 53.6 Å². The number of aromatic hydroxyl groups is 1. The minimum absolute atomic E-state index is 0.0562. The fourth-order valence-electron chi connectivity index (χ4n) is 3.97. The van der Waals surface area contributed by atoms with E-state index in [0.29, 0.717) is 23.6 Å². The van der Waals surface area contributed by atoms with Crippen LogP contribution in [0.5, 0.6) is 17.2 Å². The molecule has 0 aliphatic carbocycles. The molecule has 0 aromatic heterocycles. The number of hydrogen-bond acceptors (Lipinski definition) is 5. The third-order valence-corrected chi connectivity index (χ3v) is 6.34. The van der Waals surface area contributed by atoms with E-state index in [2.05, 4.69) is 24.5 Å². The number of phenols is 1. The van der Waals surface area contributed by atoms with E-state index >= 15 is 0 Å². The summed E-state index contributed by atoms with van der Waals surface area (Å²) >= 11 is 0. The van der Waals surface area contributed by atoms with Crippen LogP contribution in [0.15, 0.2) is 42.5 Å². The summed E-state index contributed by atoms with van der Waals surface area (Å²) in [5, 5.41) is 10.4. The van der Waals surface area contributed by atoms with Gasteiger partial charge in [0.05, 0.1) is 25.4 Å². The Morgan fingerprint density at radius 3 is 2.35 bits per heavy atom. The van der Waals surface area contributed by atoms with Crippen LogP contribution < -0.4 is 9.47 Å². The van der Waals surface area contributed by atoms with Crippen LogP contribution in [0.25, 0.3) is 6.08 Å². The lowest BCUT2D eigenvalue weighted by atomic mass is 9.81. The molecule has 0 saturated heterocycles. The molecule has 0 bridgehead atoms. The fourth-order valence-corrected chi connectivity index (χ4v) is 4.47.